The molecule has 0 bridgehead atoms. The Labute approximate surface area is 205 Å². The van der Waals surface area contributed by atoms with E-state index < -0.39 is 17.6 Å². The van der Waals surface area contributed by atoms with Gasteiger partial charge in [-0.1, -0.05) is 12.1 Å². The van der Waals surface area contributed by atoms with Gasteiger partial charge in [-0.2, -0.15) is 5.10 Å². The number of carboxylic acid groups (broad SMARTS) is 1. The number of aryl methyl sites for hydroxylation is 3. The number of fused-ring (bicyclic) bond motifs is 1. The summed E-state index contributed by atoms with van der Waals surface area (Å²) in [5.74, 6) is -1.64. The summed E-state index contributed by atoms with van der Waals surface area (Å²) in [4.78, 5) is 20.3. The standard InChI is InChI=1S/C27H21F2N5O2/c1-14-5-4-6-19(27(35)36)24(14)32-26-23(17-12-20(29)25-21(13-17)30-9-10-31-25)16(3)33-34(26)22-8-7-18(28)11-15(22)2/h4-13,32H,1-3H3,(H,35,36). The number of rotatable bonds is 5. The van der Waals surface area contributed by atoms with Crippen molar-refractivity contribution in [2.24, 2.45) is 0 Å². The Kier molecular flexibility index (Phi) is 5.68. The summed E-state index contributed by atoms with van der Waals surface area (Å²) >= 11 is 0. The van der Waals surface area contributed by atoms with Gasteiger partial charge in [0.25, 0.3) is 0 Å². The van der Waals surface area contributed by atoms with Gasteiger partial charge in [0.15, 0.2) is 5.82 Å². The van der Waals surface area contributed by atoms with Crippen molar-refractivity contribution in [2.75, 3.05) is 5.32 Å². The number of nitrogens with one attached hydrogen (secondary N) is 1. The van der Waals surface area contributed by atoms with Crippen LogP contribution in [0, 0.1) is 32.4 Å². The van der Waals surface area contributed by atoms with E-state index in [1.807, 2.05) is 0 Å². The highest BCUT2D eigenvalue weighted by Gasteiger charge is 2.23. The summed E-state index contributed by atoms with van der Waals surface area (Å²) in [6, 6.07) is 12.3. The third kappa shape index (κ3) is 3.94. The third-order valence-electron chi connectivity index (χ3n) is 6.01. The van der Waals surface area contributed by atoms with Crippen LogP contribution in [0.25, 0.3) is 27.8 Å². The smallest absolute Gasteiger partial charge is 0.337 e. The van der Waals surface area contributed by atoms with Crippen molar-refractivity contribution in [3.05, 3.63) is 94.9 Å². The van der Waals surface area contributed by atoms with Crippen LogP contribution in [-0.4, -0.2) is 30.8 Å². The summed E-state index contributed by atoms with van der Waals surface area (Å²) in [5.41, 5.74) is 4.42. The van der Waals surface area contributed by atoms with Crippen LogP contribution in [0.4, 0.5) is 20.3 Å². The predicted molar refractivity (Wildman–Crippen MR) is 133 cm³/mol. The second kappa shape index (κ2) is 8.84. The molecular weight excluding hydrogens is 464 g/mol. The van der Waals surface area contributed by atoms with Crippen LogP contribution in [0.1, 0.15) is 27.2 Å². The molecule has 0 aliphatic rings. The van der Waals surface area contributed by atoms with Gasteiger partial charge in [0.05, 0.1) is 28.1 Å². The number of nitrogens with zero attached hydrogens (tertiary/aromatic N) is 4. The minimum atomic E-state index is -1.10. The zero-order chi connectivity index (χ0) is 25.6. The third-order valence-corrected chi connectivity index (χ3v) is 6.01. The molecule has 180 valence electrons. The van der Waals surface area contributed by atoms with Crippen molar-refractivity contribution in [3.63, 3.8) is 0 Å². The van der Waals surface area contributed by atoms with E-state index in [-0.39, 0.29) is 11.1 Å². The van der Waals surface area contributed by atoms with Crippen LogP contribution < -0.4 is 5.32 Å². The maximum Gasteiger partial charge on any atom is 0.337 e. The molecule has 0 aliphatic heterocycles. The first-order valence-corrected chi connectivity index (χ1v) is 11.1. The van der Waals surface area contributed by atoms with E-state index in [1.54, 1.807) is 49.7 Å². The minimum absolute atomic E-state index is 0.0674. The van der Waals surface area contributed by atoms with E-state index in [9.17, 15) is 14.3 Å². The number of hydrogen-bond acceptors (Lipinski definition) is 5. The molecule has 5 rings (SSSR count). The molecule has 0 fully saturated rings. The monoisotopic (exact) mass is 485 g/mol. The van der Waals surface area contributed by atoms with Gasteiger partial charge >= 0.3 is 5.97 Å². The predicted octanol–water partition coefficient (Wildman–Crippen LogP) is 6.13. The van der Waals surface area contributed by atoms with Gasteiger partial charge in [-0.3, -0.25) is 4.98 Å². The van der Waals surface area contributed by atoms with Gasteiger partial charge in [0, 0.05) is 18.0 Å². The summed E-state index contributed by atoms with van der Waals surface area (Å²) < 4.78 is 30.5. The van der Waals surface area contributed by atoms with E-state index in [2.05, 4.69) is 20.4 Å². The first kappa shape index (κ1) is 23.1. The fraction of sp³-hybridized carbons (Fsp3) is 0.111. The lowest BCUT2D eigenvalue weighted by molar-refractivity contribution is 0.0698. The molecule has 7 nitrogen and oxygen atoms in total. The Balaban J connectivity index is 1.81. The van der Waals surface area contributed by atoms with E-state index in [1.165, 1.54) is 36.7 Å². The first-order chi connectivity index (χ1) is 17.2. The molecule has 0 atom stereocenters. The van der Waals surface area contributed by atoms with Crippen LogP contribution in [0.3, 0.4) is 0 Å². The maximum absolute atomic E-state index is 15.0. The lowest BCUT2D eigenvalue weighted by atomic mass is 10.0. The van der Waals surface area contributed by atoms with Gasteiger partial charge < -0.3 is 10.4 Å². The SMILES string of the molecule is Cc1cc(F)ccc1-n1nc(C)c(-c2cc(F)c3nccnc3c2)c1Nc1c(C)cccc1C(=O)O. The van der Waals surface area contributed by atoms with Gasteiger partial charge in [-0.25, -0.2) is 23.2 Å². The number of para-hydroxylation sites is 1. The average molecular weight is 485 g/mol. The highest BCUT2D eigenvalue weighted by atomic mass is 19.1. The molecule has 36 heavy (non-hydrogen) atoms. The fourth-order valence-electron chi connectivity index (χ4n) is 4.33. The Hall–Kier alpha value is -4.66. The number of hydrogen-bond donors (Lipinski definition) is 2. The lowest BCUT2D eigenvalue weighted by Crippen LogP contribution is -2.09. The average Bonchev–Trinajstić information content (AvgIpc) is 3.15. The van der Waals surface area contributed by atoms with E-state index >= 15 is 4.39 Å². The zero-order valence-corrected chi connectivity index (χ0v) is 19.7. The van der Waals surface area contributed by atoms with Gasteiger partial charge in [0.2, 0.25) is 0 Å². The molecule has 3 aromatic carbocycles. The summed E-state index contributed by atoms with van der Waals surface area (Å²) in [7, 11) is 0. The van der Waals surface area contributed by atoms with Gasteiger partial charge in [0.1, 0.15) is 17.2 Å². The van der Waals surface area contributed by atoms with Crippen molar-refractivity contribution in [1.82, 2.24) is 19.7 Å². The molecule has 2 heterocycles. The van der Waals surface area contributed by atoms with Crippen molar-refractivity contribution in [2.45, 2.75) is 20.8 Å². The first-order valence-electron chi connectivity index (χ1n) is 11.1. The molecule has 0 amide bonds. The number of carbonyl (C=O) groups is 1. The summed E-state index contributed by atoms with van der Waals surface area (Å²) in [5, 5.41) is 17.7. The number of aromatic carboxylic acids is 1. The highest BCUT2D eigenvalue weighted by molar-refractivity contribution is 5.97. The van der Waals surface area contributed by atoms with E-state index in [0.717, 1.165) is 0 Å². The summed E-state index contributed by atoms with van der Waals surface area (Å²) in [6.07, 6.45) is 2.90. The van der Waals surface area contributed by atoms with E-state index in [0.29, 0.717) is 50.7 Å². The Morgan fingerprint density at radius 1 is 0.972 bits per heavy atom. The number of aromatic nitrogens is 4. The molecule has 0 radical (unpaired) electrons. The molecule has 2 N–H and O–H groups in total. The minimum Gasteiger partial charge on any atom is -0.478 e. The van der Waals surface area contributed by atoms with Crippen molar-refractivity contribution < 1.29 is 18.7 Å². The molecule has 0 unspecified atom stereocenters. The van der Waals surface area contributed by atoms with Crippen LogP contribution in [0.15, 0.2) is 60.9 Å². The second-order valence-corrected chi connectivity index (χ2v) is 8.46. The normalized spacial score (nSPS) is 11.1. The number of halogens is 2. The van der Waals surface area contributed by atoms with Gasteiger partial charge in [-0.15, -0.1) is 0 Å². The Bertz CT molecular complexity index is 1660. The molecule has 0 saturated heterocycles. The molecular formula is C27H21F2N5O2. The Morgan fingerprint density at radius 3 is 2.50 bits per heavy atom. The molecule has 0 spiro atoms. The van der Waals surface area contributed by atoms with Crippen molar-refractivity contribution >= 4 is 28.5 Å². The number of benzene rings is 3. The molecule has 5 aromatic rings. The largest absolute Gasteiger partial charge is 0.478 e. The zero-order valence-electron chi connectivity index (χ0n) is 19.7. The Morgan fingerprint density at radius 2 is 1.75 bits per heavy atom. The second-order valence-electron chi connectivity index (χ2n) is 8.46. The molecule has 0 saturated carbocycles. The van der Waals surface area contributed by atoms with Crippen LogP contribution >= 0.6 is 0 Å². The topological polar surface area (TPSA) is 92.9 Å². The fourth-order valence-corrected chi connectivity index (χ4v) is 4.33. The van der Waals surface area contributed by atoms with Gasteiger partial charge in [-0.05, 0) is 73.9 Å². The van der Waals surface area contributed by atoms with Crippen molar-refractivity contribution in [1.29, 1.82) is 0 Å². The maximum atomic E-state index is 15.0. The lowest BCUT2D eigenvalue weighted by Gasteiger charge is -2.17. The molecule has 9 heteroatoms. The molecule has 0 aliphatic carbocycles. The number of anilines is 2. The van der Waals surface area contributed by atoms with Crippen LogP contribution in [-0.2, 0) is 0 Å². The quantitative estimate of drug-likeness (QED) is 0.311. The van der Waals surface area contributed by atoms with Crippen molar-refractivity contribution in [3.8, 4) is 16.8 Å². The molecule has 2 aromatic heterocycles. The summed E-state index contributed by atoms with van der Waals surface area (Å²) in [6.45, 7) is 5.31. The number of carboxylic acids is 1. The van der Waals surface area contributed by atoms with Crippen LogP contribution in [0.2, 0.25) is 0 Å². The highest BCUT2D eigenvalue weighted by Crippen LogP contribution is 2.38. The van der Waals surface area contributed by atoms with Crippen LogP contribution in [0.5, 0.6) is 0 Å². The van der Waals surface area contributed by atoms with E-state index in [4.69, 9.17) is 0 Å².